The molecule has 1 rings (SSSR count). The van der Waals surface area contributed by atoms with E-state index in [1.54, 1.807) is 11.3 Å². The molecule has 0 spiro atoms. The van der Waals surface area contributed by atoms with Gasteiger partial charge in [0.1, 0.15) is 0 Å². The van der Waals surface area contributed by atoms with E-state index in [1.807, 2.05) is 46.9 Å². The van der Waals surface area contributed by atoms with Crippen LogP contribution in [0, 0.1) is 0 Å². The Hall–Kier alpha value is -0.590. The van der Waals surface area contributed by atoms with Gasteiger partial charge in [0.2, 0.25) is 0 Å². The molecule has 0 aliphatic heterocycles. The van der Waals surface area contributed by atoms with Gasteiger partial charge < -0.3 is 10.2 Å². The van der Waals surface area contributed by atoms with Crippen LogP contribution in [-0.4, -0.2) is 45.7 Å². The summed E-state index contributed by atoms with van der Waals surface area (Å²) in [5.74, 6) is 1.41. The average Bonchev–Trinajstić information content (AvgIpc) is 2.81. The highest BCUT2D eigenvalue weighted by molar-refractivity contribution is 7.86. The summed E-state index contributed by atoms with van der Waals surface area (Å²) in [7, 11) is 1.12. The summed E-state index contributed by atoms with van der Waals surface area (Å²) in [6, 6.07) is 3.94. The Morgan fingerprint density at radius 3 is 2.64 bits per heavy atom. The number of nitrogens with one attached hydrogen (secondary N) is 1. The first kappa shape index (κ1) is 19.5. The molecule has 4 nitrogen and oxygen atoms in total. The van der Waals surface area contributed by atoms with Crippen LogP contribution in [-0.2, 0) is 17.3 Å². The van der Waals surface area contributed by atoms with Gasteiger partial charge in [-0.15, -0.1) is 11.3 Å². The molecule has 1 atom stereocenters. The fraction of sp³-hybridized carbons (Fsp3) is 0.667. The van der Waals surface area contributed by atoms with Gasteiger partial charge in [0.05, 0.1) is 17.4 Å². The van der Waals surface area contributed by atoms with E-state index in [2.05, 4.69) is 15.2 Å². The molecule has 1 N–H and O–H groups in total. The highest BCUT2D eigenvalue weighted by Gasteiger charge is 2.18. The Kier molecular flexibility index (Phi) is 7.86. The van der Waals surface area contributed by atoms with Crippen molar-refractivity contribution < 1.29 is 4.21 Å². The summed E-state index contributed by atoms with van der Waals surface area (Å²) in [5, 5.41) is 3.27. The molecule has 0 aromatic carbocycles. The van der Waals surface area contributed by atoms with Crippen molar-refractivity contribution in [2.45, 2.75) is 39.0 Å². The van der Waals surface area contributed by atoms with Gasteiger partial charge >= 0.3 is 0 Å². The third-order valence-corrected chi connectivity index (χ3v) is 6.07. The maximum absolute atomic E-state index is 12.1. The van der Waals surface area contributed by atoms with E-state index in [-0.39, 0.29) is 4.75 Å². The molecule has 22 heavy (non-hydrogen) atoms. The summed E-state index contributed by atoms with van der Waals surface area (Å²) in [6.45, 7) is 10.1. The molecular formula is C15H26ClN3OS2. The molecule has 0 radical (unpaired) electrons. The van der Waals surface area contributed by atoms with Crippen LogP contribution in [0.25, 0.3) is 0 Å². The molecule has 7 heteroatoms. The van der Waals surface area contributed by atoms with Gasteiger partial charge in [0.15, 0.2) is 5.96 Å². The maximum Gasteiger partial charge on any atom is 0.194 e. The molecule has 126 valence electrons. The number of nitrogens with zero attached hydrogens (tertiary/aromatic N) is 2. The van der Waals surface area contributed by atoms with Crippen molar-refractivity contribution in [3.8, 4) is 0 Å². The SMILES string of the molecule is CCNC(=NCCS(=O)C(C)(C)C)N(C)Cc1ccc(Cl)s1. The zero-order chi connectivity index (χ0) is 16.8. The first-order valence-corrected chi connectivity index (χ1v) is 9.87. The predicted octanol–water partition coefficient (Wildman–Crippen LogP) is 3.35. The molecule has 0 saturated carbocycles. The number of halogens is 1. The lowest BCUT2D eigenvalue weighted by atomic mass is 10.3. The van der Waals surface area contributed by atoms with E-state index >= 15 is 0 Å². The Morgan fingerprint density at radius 1 is 1.45 bits per heavy atom. The second-order valence-corrected chi connectivity index (χ2v) is 10.1. The van der Waals surface area contributed by atoms with Crippen LogP contribution in [0.4, 0.5) is 0 Å². The predicted molar refractivity (Wildman–Crippen MR) is 99.5 cm³/mol. The van der Waals surface area contributed by atoms with Crippen LogP contribution < -0.4 is 5.32 Å². The van der Waals surface area contributed by atoms with Crippen LogP contribution in [0.5, 0.6) is 0 Å². The minimum Gasteiger partial charge on any atom is -0.357 e. The number of rotatable bonds is 6. The molecule has 1 heterocycles. The second kappa shape index (κ2) is 8.89. The quantitative estimate of drug-likeness (QED) is 0.622. The van der Waals surface area contributed by atoms with E-state index in [0.717, 1.165) is 23.4 Å². The molecule has 0 fully saturated rings. The van der Waals surface area contributed by atoms with Gasteiger partial charge in [0.25, 0.3) is 0 Å². The molecule has 1 unspecified atom stereocenters. The Morgan fingerprint density at radius 2 is 2.14 bits per heavy atom. The Labute approximate surface area is 145 Å². The van der Waals surface area contributed by atoms with Crippen molar-refractivity contribution >= 4 is 39.7 Å². The molecular weight excluding hydrogens is 338 g/mol. The van der Waals surface area contributed by atoms with Crippen LogP contribution >= 0.6 is 22.9 Å². The van der Waals surface area contributed by atoms with Crippen LogP contribution in [0.1, 0.15) is 32.6 Å². The fourth-order valence-electron chi connectivity index (χ4n) is 1.76. The Balaban J connectivity index is 2.63. The minimum atomic E-state index is -0.874. The van der Waals surface area contributed by atoms with Crippen LogP contribution in [0.2, 0.25) is 4.34 Å². The van der Waals surface area contributed by atoms with Crippen LogP contribution in [0.3, 0.4) is 0 Å². The van der Waals surface area contributed by atoms with Gasteiger partial charge in [-0.3, -0.25) is 9.20 Å². The fourth-order valence-corrected chi connectivity index (χ4v) is 3.77. The third kappa shape index (κ3) is 6.67. The highest BCUT2D eigenvalue weighted by Crippen LogP contribution is 2.22. The van der Waals surface area contributed by atoms with E-state index in [0.29, 0.717) is 12.3 Å². The third-order valence-electron chi connectivity index (χ3n) is 2.94. The molecule has 0 aliphatic carbocycles. The van der Waals surface area contributed by atoms with Gasteiger partial charge in [-0.25, -0.2) is 0 Å². The standard InChI is InChI=1S/C15H26ClN3OS2/c1-6-17-14(18-9-10-22(20)15(2,3)4)19(5)11-12-7-8-13(16)21-12/h7-8H,6,9-11H2,1-5H3,(H,17,18). The first-order valence-electron chi connectivity index (χ1n) is 7.36. The lowest BCUT2D eigenvalue weighted by Gasteiger charge is -2.22. The van der Waals surface area contributed by atoms with Crippen molar-refractivity contribution in [3.05, 3.63) is 21.3 Å². The second-order valence-electron chi connectivity index (χ2n) is 5.96. The number of hydrogen-bond donors (Lipinski definition) is 1. The molecule has 1 aromatic heterocycles. The number of thiophene rings is 1. The van der Waals surface area contributed by atoms with Crippen molar-refractivity contribution in [3.63, 3.8) is 0 Å². The molecule has 0 aliphatic rings. The number of guanidine groups is 1. The topological polar surface area (TPSA) is 44.7 Å². The van der Waals surface area contributed by atoms with E-state index < -0.39 is 10.8 Å². The lowest BCUT2D eigenvalue weighted by molar-refractivity contribution is 0.482. The summed E-state index contributed by atoms with van der Waals surface area (Å²) >= 11 is 7.54. The molecule has 1 aromatic rings. The molecule has 0 bridgehead atoms. The monoisotopic (exact) mass is 363 g/mol. The van der Waals surface area contributed by atoms with Crippen LogP contribution in [0.15, 0.2) is 17.1 Å². The van der Waals surface area contributed by atoms with Crippen molar-refractivity contribution in [1.29, 1.82) is 0 Å². The average molecular weight is 364 g/mol. The van der Waals surface area contributed by atoms with Crippen molar-refractivity contribution in [1.82, 2.24) is 10.2 Å². The summed E-state index contributed by atoms with van der Waals surface area (Å²) in [6.07, 6.45) is 0. The zero-order valence-electron chi connectivity index (χ0n) is 14.0. The highest BCUT2D eigenvalue weighted by atomic mass is 35.5. The lowest BCUT2D eigenvalue weighted by Crippen LogP contribution is -2.38. The number of hydrogen-bond acceptors (Lipinski definition) is 3. The smallest absolute Gasteiger partial charge is 0.194 e. The van der Waals surface area contributed by atoms with Gasteiger partial charge in [-0.05, 0) is 39.8 Å². The van der Waals surface area contributed by atoms with E-state index in [9.17, 15) is 4.21 Å². The first-order chi connectivity index (χ1) is 10.2. The van der Waals surface area contributed by atoms with Crippen molar-refractivity contribution in [2.75, 3.05) is 25.9 Å². The van der Waals surface area contributed by atoms with Gasteiger partial charge in [-0.1, -0.05) is 11.6 Å². The minimum absolute atomic E-state index is 0.187. The largest absolute Gasteiger partial charge is 0.357 e. The Bertz CT molecular complexity index is 523. The van der Waals surface area contributed by atoms with E-state index in [4.69, 9.17) is 11.6 Å². The summed E-state index contributed by atoms with van der Waals surface area (Å²) in [5.41, 5.74) is 0. The molecule has 0 saturated heterocycles. The normalized spacial score (nSPS) is 14.0. The zero-order valence-corrected chi connectivity index (χ0v) is 16.4. The van der Waals surface area contributed by atoms with Gasteiger partial charge in [0, 0.05) is 39.8 Å². The van der Waals surface area contributed by atoms with E-state index in [1.165, 1.54) is 4.88 Å². The summed E-state index contributed by atoms with van der Waals surface area (Å²) < 4.78 is 12.7. The number of aliphatic imine (C=N–C) groups is 1. The molecule has 0 amide bonds. The van der Waals surface area contributed by atoms with Gasteiger partial charge in [-0.2, -0.15) is 0 Å². The van der Waals surface area contributed by atoms with Crippen molar-refractivity contribution in [2.24, 2.45) is 4.99 Å². The maximum atomic E-state index is 12.1. The summed E-state index contributed by atoms with van der Waals surface area (Å²) in [4.78, 5) is 7.83.